The summed E-state index contributed by atoms with van der Waals surface area (Å²) in [6.45, 7) is 7.05. The molecule has 130 valence electrons. The molecule has 0 spiro atoms. The molecule has 0 aliphatic carbocycles. The van der Waals surface area contributed by atoms with Gasteiger partial charge in [0.05, 0.1) is 10.3 Å². The largest absolute Gasteiger partial charge is 0.357 e. The van der Waals surface area contributed by atoms with Crippen LogP contribution in [0.15, 0.2) is 20.9 Å². The zero-order valence-corrected chi connectivity index (χ0v) is 18.2. The zero-order chi connectivity index (χ0) is 15.9. The first-order valence-electron chi connectivity index (χ1n) is 7.69. The number of carbonyl (C=O) groups is 1. The molecule has 0 aromatic carbocycles. The van der Waals surface area contributed by atoms with Crippen molar-refractivity contribution in [2.24, 2.45) is 4.99 Å². The van der Waals surface area contributed by atoms with Gasteiger partial charge in [0.25, 0.3) is 0 Å². The molecule has 1 unspecified atom stereocenters. The number of amides is 1. The van der Waals surface area contributed by atoms with Gasteiger partial charge in [-0.1, -0.05) is 6.92 Å². The Labute approximate surface area is 167 Å². The molecule has 1 aliphatic rings. The van der Waals surface area contributed by atoms with Crippen molar-refractivity contribution in [1.29, 1.82) is 0 Å². The molecule has 1 amide bonds. The Morgan fingerprint density at radius 1 is 1.48 bits per heavy atom. The number of rotatable bonds is 5. The molecule has 2 N–H and O–H groups in total. The van der Waals surface area contributed by atoms with Gasteiger partial charge in [-0.25, -0.2) is 4.99 Å². The molecule has 1 aliphatic heterocycles. The predicted molar refractivity (Wildman–Crippen MR) is 111 cm³/mol. The normalized spacial score (nSPS) is 17.8. The maximum Gasteiger partial charge on any atom is 0.222 e. The number of guanidine groups is 1. The van der Waals surface area contributed by atoms with Crippen LogP contribution in [0.4, 0.5) is 0 Å². The third kappa shape index (κ3) is 6.58. The minimum absolute atomic E-state index is 0. The van der Waals surface area contributed by atoms with Crippen LogP contribution < -0.4 is 10.6 Å². The highest BCUT2D eigenvalue weighted by Crippen LogP contribution is 2.22. The van der Waals surface area contributed by atoms with Gasteiger partial charge in [-0.2, -0.15) is 0 Å². The minimum Gasteiger partial charge on any atom is -0.357 e. The molecule has 1 aromatic rings. The Morgan fingerprint density at radius 2 is 2.26 bits per heavy atom. The maximum absolute atomic E-state index is 11.7. The number of likely N-dealkylation sites (tertiary alicyclic amines) is 1. The fourth-order valence-electron chi connectivity index (χ4n) is 2.44. The molecule has 0 bridgehead atoms. The molecule has 0 saturated carbocycles. The first-order chi connectivity index (χ1) is 10.6. The lowest BCUT2D eigenvalue weighted by Crippen LogP contribution is -2.45. The number of carbonyl (C=O) groups excluding carboxylic acids is 1. The number of hydrogen-bond acceptors (Lipinski definition) is 3. The summed E-state index contributed by atoms with van der Waals surface area (Å²) in [6.07, 6.45) is 1.55. The summed E-state index contributed by atoms with van der Waals surface area (Å²) < 4.78 is 1.13. The highest BCUT2D eigenvalue weighted by molar-refractivity contribution is 14.0. The van der Waals surface area contributed by atoms with E-state index < -0.39 is 0 Å². The molecule has 8 heteroatoms. The number of nitrogens with zero attached hydrogens (tertiary/aromatic N) is 2. The van der Waals surface area contributed by atoms with Crippen LogP contribution in [0.25, 0.3) is 0 Å². The molecular weight excluding hydrogens is 491 g/mol. The first-order valence-corrected chi connectivity index (χ1v) is 9.30. The van der Waals surface area contributed by atoms with Crippen molar-refractivity contribution >= 4 is 63.1 Å². The second-order valence-corrected chi connectivity index (χ2v) is 7.77. The third-order valence-corrected chi connectivity index (χ3v) is 5.16. The Hall–Kier alpha value is -0.350. The highest BCUT2D eigenvalue weighted by atomic mass is 127. The van der Waals surface area contributed by atoms with Crippen LogP contribution in [0, 0.1) is 0 Å². The number of thiophene rings is 1. The summed E-state index contributed by atoms with van der Waals surface area (Å²) in [7, 11) is 0. The van der Waals surface area contributed by atoms with Crippen molar-refractivity contribution in [2.45, 2.75) is 39.3 Å². The average Bonchev–Trinajstić information content (AvgIpc) is 3.13. The van der Waals surface area contributed by atoms with E-state index in [2.05, 4.69) is 44.5 Å². The second kappa shape index (κ2) is 10.5. The van der Waals surface area contributed by atoms with Gasteiger partial charge in [0, 0.05) is 37.0 Å². The summed E-state index contributed by atoms with van der Waals surface area (Å²) in [5.74, 6) is 1.05. The molecule has 0 radical (unpaired) electrons. The maximum atomic E-state index is 11.7. The predicted octanol–water partition coefficient (Wildman–Crippen LogP) is 3.19. The van der Waals surface area contributed by atoms with Crippen LogP contribution >= 0.6 is 51.2 Å². The van der Waals surface area contributed by atoms with E-state index in [-0.39, 0.29) is 35.9 Å². The van der Waals surface area contributed by atoms with Gasteiger partial charge >= 0.3 is 0 Å². The Bertz CT molecular complexity index is 537. The zero-order valence-electron chi connectivity index (χ0n) is 13.5. The van der Waals surface area contributed by atoms with Gasteiger partial charge in [-0.15, -0.1) is 35.3 Å². The Kier molecular flexibility index (Phi) is 9.45. The average molecular weight is 515 g/mol. The van der Waals surface area contributed by atoms with Gasteiger partial charge in [-0.05, 0) is 41.4 Å². The molecular formula is C15H24BrIN4OS. The summed E-state index contributed by atoms with van der Waals surface area (Å²) >= 11 is 5.17. The fourth-order valence-corrected chi connectivity index (χ4v) is 3.84. The second-order valence-electron chi connectivity index (χ2n) is 5.22. The molecule has 2 heterocycles. The monoisotopic (exact) mass is 514 g/mol. The first kappa shape index (κ1) is 20.7. The minimum atomic E-state index is 0. The summed E-state index contributed by atoms with van der Waals surface area (Å²) in [5.41, 5.74) is 0. The van der Waals surface area contributed by atoms with Crippen LogP contribution in [0.1, 0.15) is 31.6 Å². The quantitative estimate of drug-likeness (QED) is 0.360. The number of hydrogen-bond donors (Lipinski definition) is 2. The standard InChI is InChI=1S/C15H23BrN4OS.HI/c1-3-14(21)20-8-7-11(10-20)19-15(17-4-2)18-9-12-5-6-13(16)22-12;/h5-6,11H,3-4,7-10H2,1-2H3,(H2,17,18,19);1H. The van der Waals surface area contributed by atoms with E-state index in [1.165, 1.54) is 4.88 Å². The molecule has 1 saturated heterocycles. The topological polar surface area (TPSA) is 56.7 Å². The number of aliphatic imine (C=N–C) groups is 1. The van der Waals surface area contributed by atoms with Crippen LogP contribution in [-0.4, -0.2) is 42.4 Å². The van der Waals surface area contributed by atoms with Crippen LogP contribution in [0.5, 0.6) is 0 Å². The van der Waals surface area contributed by atoms with Crippen LogP contribution in [-0.2, 0) is 11.3 Å². The van der Waals surface area contributed by atoms with E-state index >= 15 is 0 Å². The molecule has 5 nitrogen and oxygen atoms in total. The van der Waals surface area contributed by atoms with Gasteiger partial charge in [0.1, 0.15) is 0 Å². The Balaban J connectivity index is 0.00000264. The summed E-state index contributed by atoms with van der Waals surface area (Å²) in [5, 5.41) is 6.71. The van der Waals surface area contributed by atoms with Crippen molar-refractivity contribution in [3.63, 3.8) is 0 Å². The lowest BCUT2D eigenvalue weighted by molar-refractivity contribution is -0.129. The lowest BCUT2D eigenvalue weighted by atomic mass is 10.3. The van der Waals surface area contributed by atoms with Crippen LogP contribution in [0.2, 0.25) is 0 Å². The van der Waals surface area contributed by atoms with Crippen molar-refractivity contribution in [3.8, 4) is 0 Å². The molecule has 23 heavy (non-hydrogen) atoms. The fraction of sp³-hybridized carbons (Fsp3) is 0.600. The number of halogens is 2. The smallest absolute Gasteiger partial charge is 0.222 e. The Morgan fingerprint density at radius 3 is 2.87 bits per heavy atom. The van der Waals surface area contributed by atoms with Gasteiger partial charge in [0.2, 0.25) is 5.91 Å². The van der Waals surface area contributed by atoms with Crippen molar-refractivity contribution in [3.05, 3.63) is 20.8 Å². The summed E-state index contributed by atoms with van der Waals surface area (Å²) in [6, 6.07) is 4.41. The van der Waals surface area contributed by atoms with E-state index in [9.17, 15) is 4.79 Å². The van der Waals surface area contributed by atoms with Crippen molar-refractivity contribution in [2.75, 3.05) is 19.6 Å². The van der Waals surface area contributed by atoms with Crippen molar-refractivity contribution in [1.82, 2.24) is 15.5 Å². The van der Waals surface area contributed by atoms with E-state index in [0.29, 0.717) is 13.0 Å². The van der Waals surface area contributed by atoms with E-state index in [1.807, 2.05) is 17.9 Å². The van der Waals surface area contributed by atoms with Crippen molar-refractivity contribution < 1.29 is 4.79 Å². The number of nitrogens with one attached hydrogen (secondary N) is 2. The molecule has 1 aromatic heterocycles. The molecule has 1 atom stereocenters. The van der Waals surface area contributed by atoms with Gasteiger partial charge < -0.3 is 15.5 Å². The summed E-state index contributed by atoms with van der Waals surface area (Å²) in [4.78, 5) is 19.5. The third-order valence-electron chi connectivity index (χ3n) is 3.55. The van der Waals surface area contributed by atoms with Gasteiger partial charge in [-0.3, -0.25) is 4.79 Å². The van der Waals surface area contributed by atoms with E-state index in [0.717, 1.165) is 35.8 Å². The SMILES string of the molecule is CCNC(=NCc1ccc(Br)s1)NC1CCN(C(=O)CC)C1.I. The lowest BCUT2D eigenvalue weighted by Gasteiger charge is -2.18. The highest BCUT2D eigenvalue weighted by Gasteiger charge is 2.25. The van der Waals surface area contributed by atoms with Gasteiger partial charge in [0.15, 0.2) is 5.96 Å². The molecule has 1 fully saturated rings. The van der Waals surface area contributed by atoms with E-state index in [4.69, 9.17) is 0 Å². The van der Waals surface area contributed by atoms with Crippen LogP contribution in [0.3, 0.4) is 0 Å². The molecule has 2 rings (SSSR count). The van der Waals surface area contributed by atoms with E-state index in [1.54, 1.807) is 11.3 Å².